The summed E-state index contributed by atoms with van der Waals surface area (Å²) in [4.78, 5) is 26.4. The van der Waals surface area contributed by atoms with E-state index in [9.17, 15) is 9.59 Å². The Hall–Kier alpha value is -3.00. The number of rotatable bonds is 6. The van der Waals surface area contributed by atoms with E-state index in [4.69, 9.17) is 15.0 Å². The van der Waals surface area contributed by atoms with Gasteiger partial charge in [0, 0.05) is 16.7 Å². The van der Waals surface area contributed by atoms with E-state index < -0.39 is 11.8 Å². The third-order valence-corrected chi connectivity index (χ3v) is 3.06. The lowest BCUT2D eigenvalue weighted by Gasteiger charge is -2.12. The van der Waals surface area contributed by atoms with E-state index in [0.717, 1.165) is 6.32 Å². The molecule has 2 rings (SSSR count). The molecule has 0 bridgehead atoms. The Morgan fingerprint density at radius 2 is 2.00 bits per heavy atom. The van der Waals surface area contributed by atoms with Crippen LogP contribution < -0.4 is 14.9 Å². The second-order valence-electron chi connectivity index (χ2n) is 4.60. The first-order chi connectivity index (χ1) is 11.1. The largest absolute Gasteiger partial charge is 0.496 e. The summed E-state index contributed by atoms with van der Waals surface area (Å²) in [6.45, 7) is 0. The van der Waals surface area contributed by atoms with Gasteiger partial charge in [-0.3, -0.25) is 9.59 Å². The Kier molecular flexibility index (Phi) is 5.21. The summed E-state index contributed by atoms with van der Waals surface area (Å²) in [5, 5.41) is 6.85. The van der Waals surface area contributed by atoms with Crippen LogP contribution in [0.3, 0.4) is 0 Å². The molecule has 9 nitrogen and oxygen atoms in total. The Morgan fingerprint density at radius 1 is 1.39 bits per heavy atom. The summed E-state index contributed by atoms with van der Waals surface area (Å²) in [5.41, 5.74) is 10.9. The molecule has 2 amide bonds. The first-order valence-corrected chi connectivity index (χ1v) is 6.63. The van der Waals surface area contributed by atoms with Crippen molar-refractivity contribution in [1.82, 2.24) is 5.43 Å². The third kappa shape index (κ3) is 4.01. The Labute approximate surface area is 132 Å². The summed E-state index contributed by atoms with van der Waals surface area (Å²) >= 11 is 0. The lowest BCUT2D eigenvalue weighted by Crippen LogP contribution is -2.18. The molecule has 0 aromatic heterocycles. The van der Waals surface area contributed by atoms with Crippen molar-refractivity contribution in [2.24, 2.45) is 10.2 Å². The van der Waals surface area contributed by atoms with Crippen LogP contribution in [-0.4, -0.2) is 39.5 Å². The molecule has 117 valence electrons. The van der Waals surface area contributed by atoms with Crippen LogP contribution >= 0.6 is 0 Å². The standard InChI is InChI=1S/C13H13BN5O4/c1-22-9-3-7(12(20)17-16-6-8-5-14-8)4-10(23-2)11(9)13(21)18-19-15/h3-4,6,8H,5H2,1-2H3,(H,17,20)/b16-6+. The lowest BCUT2D eigenvalue weighted by molar-refractivity contribution is 0.0950. The number of carbonyl (C=O) groups is 2. The Bertz CT molecular complexity index is 685. The molecule has 1 saturated heterocycles. The third-order valence-electron chi connectivity index (χ3n) is 3.06. The van der Waals surface area contributed by atoms with Crippen molar-refractivity contribution in [3.63, 3.8) is 0 Å². The monoisotopic (exact) mass is 314 g/mol. The highest BCUT2D eigenvalue weighted by Gasteiger charge is 2.22. The van der Waals surface area contributed by atoms with Crippen molar-refractivity contribution in [1.29, 1.82) is 0 Å². The Morgan fingerprint density at radius 3 is 2.48 bits per heavy atom. The predicted molar refractivity (Wildman–Crippen MR) is 83.3 cm³/mol. The molecular formula is C13H13BN5O4. The average Bonchev–Trinajstić information content (AvgIpc) is 3.37. The quantitative estimate of drug-likeness (QED) is 0.214. The number of carbonyl (C=O) groups excluding carboxylic acids is 2. The van der Waals surface area contributed by atoms with Crippen molar-refractivity contribution < 1.29 is 19.1 Å². The van der Waals surface area contributed by atoms with Gasteiger partial charge >= 0.3 is 0 Å². The second-order valence-corrected chi connectivity index (χ2v) is 4.60. The van der Waals surface area contributed by atoms with E-state index in [1.165, 1.54) is 26.4 Å². The lowest BCUT2D eigenvalue weighted by atomic mass is 10.0. The van der Waals surface area contributed by atoms with E-state index in [2.05, 4.69) is 20.6 Å². The number of benzene rings is 1. The van der Waals surface area contributed by atoms with Crippen LogP contribution in [0.1, 0.15) is 20.7 Å². The summed E-state index contributed by atoms with van der Waals surface area (Å²) in [5.74, 6) is -0.919. The molecule has 23 heavy (non-hydrogen) atoms. The first-order valence-electron chi connectivity index (χ1n) is 6.63. The highest BCUT2D eigenvalue weighted by molar-refractivity contribution is 6.56. The fourth-order valence-corrected chi connectivity index (χ4v) is 1.80. The summed E-state index contributed by atoms with van der Waals surface area (Å²) in [6.07, 6.45) is 2.59. The minimum absolute atomic E-state index is 0.0552. The number of ether oxygens (including phenoxy) is 2. The molecule has 10 heteroatoms. The zero-order valence-electron chi connectivity index (χ0n) is 12.5. The molecule has 1 atom stereocenters. The van der Waals surface area contributed by atoms with Crippen LogP contribution in [0, 0.1) is 0 Å². The maximum Gasteiger partial charge on any atom is 0.271 e. The van der Waals surface area contributed by atoms with E-state index in [1.54, 1.807) is 6.21 Å². The normalized spacial score (nSPS) is 15.3. The van der Waals surface area contributed by atoms with Gasteiger partial charge in [-0.25, -0.2) is 5.43 Å². The van der Waals surface area contributed by atoms with Gasteiger partial charge < -0.3 is 9.47 Å². The minimum atomic E-state index is -0.865. The predicted octanol–water partition coefficient (Wildman–Crippen LogP) is 1.79. The molecule has 1 N–H and O–H groups in total. The molecule has 1 aromatic rings. The zero-order chi connectivity index (χ0) is 16.8. The summed E-state index contributed by atoms with van der Waals surface area (Å²) < 4.78 is 10.2. The second kappa shape index (κ2) is 7.32. The van der Waals surface area contributed by atoms with Crippen molar-refractivity contribution in [2.75, 3.05) is 14.2 Å². The van der Waals surface area contributed by atoms with Gasteiger partial charge in [0.15, 0.2) is 0 Å². The van der Waals surface area contributed by atoms with E-state index in [-0.39, 0.29) is 22.6 Å². The van der Waals surface area contributed by atoms with Crippen molar-refractivity contribution >= 4 is 25.3 Å². The Balaban J connectivity index is 2.32. The molecule has 1 fully saturated rings. The van der Waals surface area contributed by atoms with Crippen molar-refractivity contribution in [3.8, 4) is 11.5 Å². The number of hydrogen-bond acceptors (Lipinski definition) is 5. The van der Waals surface area contributed by atoms with Gasteiger partial charge in [0.1, 0.15) is 24.3 Å². The van der Waals surface area contributed by atoms with E-state index in [1.807, 2.05) is 7.28 Å². The number of methoxy groups -OCH3 is 2. The number of nitrogens with one attached hydrogen (secondary N) is 1. The number of hydrogen-bond donors (Lipinski definition) is 1. The fourth-order valence-electron chi connectivity index (χ4n) is 1.80. The summed E-state index contributed by atoms with van der Waals surface area (Å²) in [7, 11) is 4.69. The smallest absolute Gasteiger partial charge is 0.271 e. The number of nitrogens with zero attached hydrogens (tertiary/aromatic N) is 4. The van der Waals surface area contributed by atoms with Gasteiger partial charge in [-0.05, 0) is 28.6 Å². The van der Waals surface area contributed by atoms with E-state index in [0.29, 0.717) is 5.82 Å². The van der Waals surface area contributed by atoms with Gasteiger partial charge in [0.2, 0.25) is 0 Å². The molecule has 1 heterocycles. The minimum Gasteiger partial charge on any atom is -0.496 e. The van der Waals surface area contributed by atoms with E-state index >= 15 is 0 Å². The highest BCUT2D eigenvalue weighted by Crippen LogP contribution is 2.31. The van der Waals surface area contributed by atoms with Crippen LogP contribution in [0.5, 0.6) is 11.5 Å². The fraction of sp³-hybridized carbons (Fsp3) is 0.308. The number of azide groups is 1. The van der Waals surface area contributed by atoms with Crippen LogP contribution in [0.4, 0.5) is 0 Å². The van der Waals surface area contributed by atoms with Gasteiger partial charge in [-0.2, -0.15) is 5.10 Å². The number of hydrazone groups is 1. The number of amides is 2. The van der Waals surface area contributed by atoms with Gasteiger partial charge in [-0.15, -0.1) is 0 Å². The maximum atomic E-state index is 12.1. The topological polar surface area (TPSA) is 126 Å². The van der Waals surface area contributed by atoms with Crippen molar-refractivity contribution in [3.05, 3.63) is 33.7 Å². The van der Waals surface area contributed by atoms with Gasteiger partial charge in [0.05, 0.1) is 14.2 Å². The first kappa shape index (κ1) is 16.4. The molecular weight excluding hydrogens is 301 g/mol. The van der Waals surface area contributed by atoms with Crippen molar-refractivity contribution in [2.45, 2.75) is 12.1 Å². The average molecular weight is 314 g/mol. The molecule has 1 aliphatic rings. The molecule has 1 radical (unpaired) electrons. The molecule has 1 aliphatic heterocycles. The molecule has 0 aliphatic carbocycles. The SMILES string of the molecule is COc1cc(C(=O)N/N=C/C2[B]C2)cc(OC)c1C(=O)N=[N+]=[N-]. The molecule has 0 spiro atoms. The van der Waals surface area contributed by atoms with Crippen LogP contribution in [-0.2, 0) is 0 Å². The molecule has 1 unspecified atom stereocenters. The van der Waals surface area contributed by atoms with Crippen LogP contribution in [0.15, 0.2) is 22.3 Å². The highest BCUT2D eigenvalue weighted by atomic mass is 16.5. The zero-order valence-corrected chi connectivity index (χ0v) is 12.5. The maximum absolute atomic E-state index is 12.1. The summed E-state index contributed by atoms with van der Waals surface area (Å²) in [6, 6.07) is 2.69. The van der Waals surface area contributed by atoms with Crippen LogP contribution in [0.25, 0.3) is 10.4 Å². The molecule has 0 saturated carbocycles. The van der Waals surface area contributed by atoms with Crippen LogP contribution in [0.2, 0.25) is 12.1 Å². The van der Waals surface area contributed by atoms with Gasteiger partial charge in [-0.1, -0.05) is 6.32 Å². The molecule has 1 aromatic carbocycles. The van der Waals surface area contributed by atoms with Gasteiger partial charge in [0.25, 0.3) is 11.8 Å².